The Kier molecular flexibility index (Phi) is 7.77. The molecule has 0 spiro atoms. The lowest BCUT2D eigenvalue weighted by molar-refractivity contribution is -0.121. The van der Waals surface area contributed by atoms with Crippen LogP contribution in [0.2, 0.25) is 0 Å². The van der Waals surface area contributed by atoms with Crippen LogP contribution in [0.15, 0.2) is 88.3 Å². The summed E-state index contributed by atoms with van der Waals surface area (Å²) >= 11 is 0. The number of carbonyl (C=O) groups is 1. The van der Waals surface area contributed by atoms with Crippen molar-refractivity contribution >= 4 is 28.5 Å². The molecule has 1 unspecified atom stereocenters. The molecule has 1 amide bonds. The van der Waals surface area contributed by atoms with E-state index in [1.807, 2.05) is 48.5 Å². The van der Waals surface area contributed by atoms with Crippen LogP contribution in [0.25, 0.3) is 11.0 Å². The summed E-state index contributed by atoms with van der Waals surface area (Å²) in [7, 11) is 1.63. The molecule has 0 saturated carbocycles. The molecule has 5 rings (SSSR count). The van der Waals surface area contributed by atoms with Gasteiger partial charge in [-0.2, -0.15) is 0 Å². The largest absolute Gasteiger partial charge is 0.497 e. The third-order valence-electron chi connectivity index (χ3n) is 6.80. The van der Waals surface area contributed by atoms with Crippen molar-refractivity contribution in [1.29, 1.82) is 0 Å². The summed E-state index contributed by atoms with van der Waals surface area (Å²) in [5, 5.41) is 10.5. The number of nitrogens with one attached hydrogen (secondary N) is 2. The number of nitrogen functional groups attached to an aromatic ring is 1. The molecule has 204 valence electrons. The van der Waals surface area contributed by atoms with Gasteiger partial charge in [0.05, 0.1) is 12.5 Å². The minimum atomic E-state index is -0.366. The number of nitrogens with zero attached hydrogens (tertiary/aromatic N) is 3. The van der Waals surface area contributed by atoms with Crippen LogP contribution in [0.5, 0.6) is 5.75 Å². The van der Waals surface area contributed by atoms with Crippen LogP contribution < -0.4 is 26.7 Å². The minimum absolute atomic E-state index is 0.0385. The lowest BCUT2D eigenvalue weighted by atomic mass is 9.91. The number of ether oxygens (including phenoxy) is 1. The highest BCUT2D eigenvalue weighted by atomic mass is 16.5. The first-order chi connectivity index (χ1) is 19.4. The second-order valence-electron chi connectivity index (χ2n) is 9.43. The number of hydrogen-bond donors (Lipinski definition) is 3. The molecular formula is C30H30N6O4. The van der Waals surface area contributed by atoms with E-state index in [4.69, 9.17) is 15.0 Å². The normalized spacial score (nSPS) is 11.8. The number of rotatable bonds is 10. The molecule has 0 aliphatic rings. The topological polar surface area (TPSA) is 137 Å². The first kappa shape index (κ1) is 26.5. The van der Waals surface area contributed by atoms with Crippen molar-refractivity contribution in [2.24, 2.45) is 0 Å². The van der Waals surface area contributed by atoms with E-state index in [1.54, 1.807) is 32.4 Å². The van der Waals surface area contributed by atoms with Crippen molar-refractivity contribution in [2.45, 2.75) is 25.9 Å². The van der Waals surface area contributed by atoms with Gasteiger partial charge in [0.25, 0.3) is 5.56 Å². The Morgan fingerprint density at radius 3 is 2.58 bits per heavy atom. The van der Waals surface area contributed by atoms with Crippen LogP contribution in [0.4, 0.5) is 11.6 Å². The minimum Gasteiger partial charge on any atom is -0.497 e. The first-order valence-corrected chi connectivity index (χ1v) is 12.8. The van der Waals surface area contributed by atoms with Gasteiger partial charge in [-0.05, 0) is 47.9 Å². The van der Waals surface area contributed by atoms with Gasteiger partial charge in [-0.25, -0.2) is 4.98 Å². The molecular weight excluding hydrogens is 508 g/mol. The second kappa shape index (κ2) is 11.7. The Balaban J connectivity index is 1.28. The van der Waals surface area contributed by atoms with Crippen LogP contribution in [0.3, 0.4) is 0 Å². The highest BCUT2D eigenvalue weighted by Gasteiger charge is 2.17. The quantitative estimate of drug-likeness (QED) is 0.244. The highest BCUT2D eigenvalue weighted by Crippen LogP contribution is 2.26. The number of carbonyl (C=O) groups excluding carboxylic acids is 1. The number of hydrogen-bond acceptors (Lipinski definition) is 8. The summed E-state index contributed by atoms with van der Waals surface area (Å²) in [6.07, 6.45) is 1.59. The van der Waals surface area contributed by atoms with E-state index in [0.717, 1.165) is 27.8 Å². The monoisotopic (exact) mass is 538 g/mol. The maximum absolute atomic E-state index is 13.3. The average Bonchev–Trinajstić information content (AvgIpc) is 3.35. The molecule has 0 aliphatic carbocycles. The van der Waals surface area contributed by atoms with Crippen molar-refractivity contribution in [3.63, 3.8) is 0 Å². The molecule has 3 aromatic carbocycles. The molecule has 10 nitrogen and oxygen atoms in total. The third-order valence-corrected chi connectivity index (χ3v) is 6.80. The zero-order valence-electron chi connectivity index (χ0n) is 22.3. The Morgan fingerprint density at radius 2 is 1.82 bits per heavy atom. The van der Waals surface area contributed by atoms with Gasteiger partial charge in [0, 0.05) is 30.9 Å². The number of benzene rings is 3. The molecule has 0 fully saturated rings. The zero-order chi connectivity index (χ0) is 28.1. The van der Waals surface area contributed by atoms with E-state index in [2.05, 4.69) is 32.9 Å². The molecule has 5 aromatic rings. The summed E-state index contributed by atoms with van der Waals surface area (Å²) in [5.41, 5.74) is 9.51. The molecule has 0 bridgehead atoms. The summed E-state index contributed by atoms with van der Waals surface area (Å²) in [6.45, 7) is 2.31. The molecule has 2 aromatic heterocycles. The number of amides is 1. The molecule has 40 heavy (non-hydrogen) atoms. The molecule has 0 saturated heterocycles. The van der Waals surface area contributed by atoms with Crippen molar-refractivity contribution in [3.8, 4) is 5.75 Å². The molecule has 4 N–H and O–H groups in total. The van der Waals surface area contributed by atoms with Crippen LogP contribution in [-0.2, 0) is 17.9 Å². The lowest BCUT2D eigenvalue weighted by Gasteiger charge is -2.20. The predicted octanol–water partition coefficient (Wildman–Crippen LogP) is 3.84. The van der Waals surface area contributed by atoms with Gasteiger partial charge in [0.1, 0.15) is 12.3 Å². The molecule has 10 heteroatoms. The Bertz CT molecular complexity index is 1680. The van der Waals surface area contributed by atoms with Gasteiger partial charge in [-0.15, -0.1) is 0 Å². The van der Waals surface area contributed by atoms with Gasteiger partial charge in [-0.3, -0.25) is 14.2 Å². The standard InChI is InChI=1S/C30H30N6O4/c1-19-15-33-29(34-17-25(21-6-4-3-5-7-21)22-9-11-23(39-2)12-10-22)30(38)36(19)18-27(37)32-16-20-8-13-24-26(14-20)40-35-28(24)31/h3-15,25H,16-18H2,1-2H3,(H2,31,35)(H,32,37)(H,33,34). The van der Waals surface area contributed by atoms with Crippen molar-refractivity contribution in [1.82, 2.24) is 20.0 Å². The van der Waals surface area contributed by atoms with Crippen LogP contribution in [0.1, 0.15) is 28.3 Å². The Morgan fingerprint density at radius 1 is 1.07 bits per heavy atom. The van der Waals surface area contributed by atoms with Gasteiger partial charge < -0.3 is 25.6 Å². The number of methoxy groups -OCH3 is 1. The van der Waals surface area contributed by atoms with E-state index in [1.165, 1.54) is 4.57 Å². The third kappa shape index (κ3) is 5.80. The summed E-state index contributed by atoms with van der Waals surface area (Å²) in [4.78, 5) is 30.4. The maximum Gasteiger partial charge on any atom is 0.293 e. The first-order valence-electron chi connectivity index (χ1n) is 12.8. The van der Waals surface area contributed by atoms with Crippen molar-refractivity contribution in [3.05, 3.63) is 112 Å². The molecule has 2 heterocycles. The number of nitrogens with two attached hydrogens (primary N) is 1. The van der Waals surface area contributed by atoms with Crippen LogP contribution in [-0.4, -0.2) is 34.3 Å². The van der Waals surface area contributed by atoms with Gasteiger partial charge >= 0.3 is 0 Å². The summed E-state index contributed by atoms with van der Waals surface area (Å²) in [5.74, 6) is 0.930. The van der Waals surface area contributed by atoms with Gasteiger partial charge in [-0.1, -0.05) is 53.7 Å². The van der Waals surface area contributed by atoms with E-state index in [9.17, 15) is 9.59 Å². The predicted molar refractivity (Wildman–Crippen MR) is 153 cm³/mol. The van der Waals surface area contributed by atoms with Crippen molar-refractivity contribution < 1.29 is 14.1 Å². The SMILES string of the molecule is COc1ccc(C(CNc2ncc(C)n(CC(=O)NCc3ccc4c(N)noc4c3)c2=O)c2ccccc2)cc1. The van der Waals surface area contributed by atoms with Gasteiger partial charge in [0.15, 0.2) is 17.2 Å². The van der Waals surface area contributed by atoms with E-state index < -0.39 is 0 Å². The summed E-state index contributed by atoms with van der Waals surface area (Å²) < 4.78 is 11.9. The molecule has 0 radical (unpaired) electrons. The number of aryl methyl sites for hydroxylation is 1. The van der Waals surface area contributed by atoms with E-state index in [-0.39, 0.29) is 36.3 Å². The lowest BCUT2D eigenvalue weighted by Crippen LogP contribution is -2.35. The Labute approximate surface area is 230 Å². The fraction of sp³-hybridized carbons (Fsp3) is 0.200. The Hall–Kier alpha value is -5.12. The molecule has 0 aliphatic heterocycles. The van der Waals surface area contributed by atoms with Crippen LogP contribution >= 0.6 is 0 Å². The fourth-order valence-electron chi connectivity index (χ4n) is 4.55. The van der Waals surface area contributed by atoms with Gasteiger partial charge in [0.2, 0.25) is 5.91 Å². The van der Waals surface area contributed by atoms with Crippen LogP contribution in [0, 0.1) is 6.92 Å². The second-order valence-corrected chi connectivity index (χ2v) is 9.43. The fourth-order valence-corrected chi connectivity index (χ4v) is 4.55. The maximum atomic E-state index is 13.3. The number of fused-ring (bicyclic) bond motifs is 1. The van der Waals surface area contributed by atoms with Crippen molar-refractivity contribution in [2.75, 3.05) is 24.7 Å². The summed E-state index contributed by atoms with van der Waals surface area (Å²) in [6, 6.07) is 23.3. The number of aromatic nitrogens is 3. The molecule has 1 atom stereocenters. The van der Waals surface area contributed by atoms with E-state index in [0.29, 0.717) is 23.6 Å². The average molecular weight is 539 g/mol. The van der Waals surface area contributed by atoms with E-state index >= 15 is 0 Å². The zero-order valence-corrected chi connectivity index (χ0v) is 22.3. The smallest absolute Gasteiger partial charge is 0.293 e. The number of anilines is 2. The highest BCUT2D eigenvalue weighted by molar-refractivity contribution is 5.87.